The third-order valence-electron chi connectivity index (χ3n) is 5.27. The van der Waals surface area contributed by atoms with Gasteiger partial charge in [0.15, 0.2) is 5.16 Å². The standard InChI is InChI=1S/C23H24N4O3S/c1-16(20(28)26-15-13-24-22(26)30)31-23-25-19-12-6-5-11-18(19)21(29)27(23)14-7-10-17-8-3-2-4-9-17/h2-6,8-9,11-12,16H,7,10,13-15H2,1H3,(H,24,30)/t16-/m1/s1. The number of aromatic nitrogens is 2. The molecule has 0 spiro atoms. The normalized spacial score (nSPS) is 14.6. The third-order valence-corrected chi connectivity index (χ3v) is 6.35. The highest BCUT2D eigenvalue weighted by molar-refractivity contribution is 8.00. The first kappa shape index (κ1) is 21.1. The van der Waals surface area contributed by atoms with Crippen molar-refractivity contribution in [3.63, 3.8) is 0 Å². The fraction of sp³-hybridized carbons (Fsp3) is 0.304. The molecule has 0 radical (unpaired) electrons. The number of carbonyl (C=O) groups is 2. The Morgan fingerprint density at radius 1 is 1.13 bits per heavy atom. The molecule has 4 rings (SSSR count). The predicted molar refractivity (Wildman–Crippen MR) is 121 cm³/mol. The number of rotatable bonds is 7. The van der Waals surface area contributed by atoms with Crippen molar-refractivity contribution in [1.82, 2.24) is 19.8 Å². The maximum atomic E-state index is 13.2. The SMILES string of the molecule is C[C@@H](Sc1nc2ccccc2c(=O)n1CCCc1ccccc1)C(=O)N1CCNC1=O. The smallest absolute Gasteiger partial charge is 0.324 e. The molecule has 160 valence electrons. The Kier molecular flexibility index (Phi) is 6.36. The van der Waals surface area contributed by atoms with Crippen LogP contribution in [0.25, 0.3) is 10.9 Å². The molecule has 0 unspecified atom stereocenters. The maximum absolute atomic E-state index is 13.2. The highest BCUT2D eigenvalue weighted by atomic mass is 32.2. The van der Waals surface area contributed by atoms with Gasteiger partial charge in [0.05, 0.1) is 16.2 Å². The minimum Gasteiger partial charge on any atom is -0.336 e. The van der Waals surface area contributed by atoms with Crippen LogP contribution in [0.2, 0.25) is 0 Å². The summed E-state index contributed by atoms with van der Waals surface area (Å²) >= 11 is 1.22. The van der Waals surface area contributed by atoms with E-state index in [4.69, 9.17) is 0 Å². The van der Waals surface area contributed by atoms with Crippen LogP contribution in [0.4, 0.5) is 4.79 Å². The summed E-state index contributed by atoms with van der Waals surface area (Å²) in [5, 5.41) is 3.16. The van der Waals surface area contributed by atoms with Crippen LogP contribution < -0.4 is 10.9 Å². The fourth-order valence-corrected chi connectivity index (χ4v) is 4.63. The van der Waals surface area contributed by atoms with Crippen molar-refractivity contribution < 1.29 is 9.59 Å². The van der Waals surface area contributed by atoms with Crippen molar-refractivity contribution in [3.8, 4) is 0 Å². The number of aryl methyl sites for hydroxylation is 1. The molecule has 8 heteroatoms. The first-order valence-corrected chi connectivity index (χ1v) is 11.2. The van der Waals surface area contributed by atoms with E-state index in [1.54, 1.807) is 23.6 Å². The van der Waals surface area contributed by atoms with E-state index in [1.807, 2.05) is 30.3 Å². The Balaban J connectivity index is 1.59. The second-order valence-corrected chi connectivity index (χ2v) is 8.75. The second-order valence-electron chi connectivity index (χ2n) is 7.44. The van der Waals surface area contributed by atoms with Gasteiger partial charge in [0.25, 0.3) is 5.56 Å². The average molecular weight is 437 g/mol. The van der Waals surface area contributed by atoms with Crippen molar-refractivity contribution in [2.24, 2.45) is 0 Å². The number of imide groups is 1. The van der Waals surface area contributed by atoms with E-state index >= 15 is 0 Å². The third kappa shape index (κ3) is 4.64. The summed E-state index contributed by atoms with van der Waals surface area (Å²) in [7, 11) is 0. The van der Waals surface area contributed by atoms with Gasteiger partial charge < -0.3 is 5.32 Å². The molecule has 1 N–H and O–H groups in total. The Labute approximate surface area is 184 Å². The van der Waals surface area contributed by atoms with Crippen LogP contribution >= 0.6 is 11.8 Å². The molecule has 1 aliphatic rings. The van der Waals surface area contributed by atoms with E-state index in [2.05, 4.69) is 22.4 Å². The number of hydrogen-bond acceptors (Lipinski definition) is 5. The molecule has 3 aromatic rings. The van der Waals surface area contributed by atoms with Gasteiger partial charge in [0.1, 0.15) is 0 Å². The summed E-state index contributed by atoms with van der Waals surface area (Å²) in [6, 6.07) is 17.0. The topological polar surface area (TPSA) is 84.3 Å². The quantitative estimate of drug-likeness (QED) is 0.455. The number of urea groups is 1. The Morgan fingerprint density at radius 2 is 1.87 bits per heavy atom. The van der Waals surface area contributed by atoms with Gasteiger partial charge in [-0.3, -0.25) is 19.1 Å². The molecule has 0 bridgehead atoms. The zero-order chi connectivity index (χ0) is 21.8. The minimum absolute atomic E-state index is 0.111. The summed E-state index contributed by atoms with van der Waals surface area (Å²) in [6.07, 6.45) is 1.61. The molecule has 1 saturated heterocycles. The molecular formula is C23H24N4O3S. The molecule has 1 atom stereocenters. The van der Waals surface area contributed by atoms with Crippen molar-refractivity contribution in [2.45, 2.75) is 36.7 Å². The number of benzene rings is 2. The fourth-order valence-electron chi connectivity index (χ4n) is 3.63. The average Bonchev–Trinajstić information content (AvgIpc) is 3.21. The largest absolute Gasteiger partial charge is 0.336 e. The molecule has 1 aliphatic heterocycles. The van der Waals surface area contributed by atoms with Gasteiger partial charge in [-0.05, 0) is 37.5 Å². The van der Waals surface area contributed by atoms with Crippen LogP contribution in [0.15, 0.2) is 64.5 Å². The number of amides is 3. The molecule has 3 amide bonds. The number of carbonyl (C=O) groups excluding carboxylic acids is 2. The summed E-state index contributed by atoms with van der Waals surface area (Å²) in [5.41, 5.74) is 1.70. The summed E-state index contributed by atoms with van der Waals surface area (Å²) in [6.45, 7) is 3.06. The van der Waals surface area contributed by atoms with Gasteiger partial charge in [-0.2, -0.15) is 0 Å². The van der Waals surface area contributed by atoms with Crippen LogP contribution in [0.5, 0.6) is 0 Å². The minimum atomic E-state index is -0.544. The summed E-state index contributed by atoms with van der Waals surface area (Å²) in [5.74, 6) is -0.279. The molecule has 2 aromatic carbocycles. The lowest BCUT2D eigenvalue weighted by Crippen LogP contribution is -2.39. The molecule has 0 saturated carbocycles. The van der Waals surface area contributed by atoms with Gasteiger partial charge >= 0.3 is 6.03 Å². The van der Waals surface area contributed by atoms with E-state index in [9.17, 15) is 14.4 Å². The van der Waals surface area contributed by atoms with Gasteiger partial charge in [-0.25, -0.2) is 9.78 Å². The monoisotopic (exact) mass is 436 g/mol. The predicted octanol–water partition coefficient (Wildman–Crippen LogP) is 3.06. The number of nitrogens with zero attached hydrogens (tertiary/aromatic N) is 3. The van der Waals surface area contributed by atoms with Gasteiger partial charge in [-0.15, -0.1) is 0 Å². The Morgan fingerprint density at radius 3 is 2.61 bits per heavy atom. The Hall–Kier alpha value is -3.13. The van der Waals surface area contributed by atoms with Crippen LogP contribution in [-0.2, 0) is 17.8 Å². The highest BCUT2D eigenvalue weighted by Crippen LogP contribution is 2.24. The second kappa shape index (κ2) is 9.34. The van der Waals surface area contributed by atoms with Crippen molar-refractivity contribution >= 4 is 34.6 Å². The Bertz CT molecular complexity index is 1160. The molecule has 0 aliphatic carbocycles. The first-order chi connectivity index (χ1) is 15.0. The highest BCUT2D eigenvalue weighted by Gasteiger charge is 2.31. The van der Waals surface area contributed by atoms with E-state index in [1.165, 1.54) is 22.2 Å². The first-order valence-electron chi connectivity index (χ1n) is 10.3. The molecular weight excluding hydrogens is 412 g/mol. The van der Waals surface area contributed by atoms with Crippen LogP contribution in [0, 0.1) is 0 Å². The van der Waals surface area contributed by atoms with Crippen LogP contribution in [0.1, 0.15) is 18.9 Å². The maximum Gasteiger partial charge on any atom is 0.324 e. The summed E-state index contributed by atoms with van der Waals surface area (Å²) < 4.78 is 1.66. The van der Waals surface area contributed by atoms with E-state index in [0.29, 0.717) is 35.7 Å². The zero-order valence-corrected chi connectivity index (χ0v) is 18.1. The van der Waals surface area contributed by atoms with E-state index in [-0.39, 0.29) is 17.5 Å². The number of hydrogen-bond donors (Lipinski definition) is 1. The van der Waals surface area contributed by atoms with Crippen LogP contribution in [-0.4, -0.2) is 44.7 Å². The lowest BCUT2D eigenvalue weighted by Gasteiger charge is -2.19. The van der Waals surface area contributed by atoms with Gasteiger partial charge in [-0.1, -0.05) is 54.2 Å². The molecule has 1 fully saturated rings. The number of thioether (sulfide) groups is 1. The van der Waals surface area contributed by atoms with Crippen LogP contribution in [0.3, 0.4) is 0 Å². The van der Waals surface area contributed by atoms with Gasteiger partial charge in [0.2, 0.25) is 5.91 Å². The molecule has 7 nitrogen and oxygen atoms in total. The summed E-state index contributed by atoms with van der Waals surface area (Å²) in [4.78, 5) is 43.7. The van der Waals surface area contributed by atoms with Crippen molar-refractivity contribution in [2.75, 3.05) is 13.1 Å². The van der Waals surface area contributed by atoms with E-state index in [0.717, 1.165) is 12.8 Å². The number of para-hydroxylation sites is 1. The van der Waals surface area contributed by atoms with Crippen molar-refractivity contribution in [3.05, 3.63) is 70.5 Å². The number of fused-ring (bicyclic) bond motifs is 1. The lowest BCUT2D eigenvalue weighted by atomic mass is 10.1. The lowest BCUT2D eigenvalue weighted by molar-refractivity contribution is -0.126. The van der Waals surface area contributed by atoms with Crippen molar-refractivity contribution in [1.29, 1.82) is 0 Å². The van der Waals surface area contributed by atoms with E-state index < -0.39 is 5.25 Å². The molecule has 1 aromatic heterocycles. The van der Waals surface area contributed by atoms with Gasteiger partial charge in [0, 0.05) is 19.6 Å². The molecule has 2 heterocycles. The number of nitrogens with one attached hydrogen (secondary N) is 1. The zero-order valence-electron chi connectivity index (χ0n) is 17.3. The molecule has 31 heavy (non-hydrogen) atoms.